The molecule has 0 fully saturated rings. The minimum absolute atomic E-state index is 0.0160. The lowest BCUT2D eigenvalue weighted by molar-refractivity contribution is 0.298. The van der Waals surface area contributed by atoms with Gasteiger partial charge in [0, 0.05) is 41.1 Å². The van der Waals surface area contributed by atoms with Crippen molar-refractivity contribution < 1.29 is 5.11 Å². The van der Waals surface area contributed by atoms with Gasteiger partial charge in [0.25, 0.3) is 0 Å². The Hall–Kier alpha value is -2.06. The third-order valence-electron chi connectivity index (χ3n) is 3.16. The maximum Gasteiger partial charge on any atom is 0.229 e. The molecule has 0 bridgehead atoms. The van der Waals surface area contributed by atoms with Crippen molar-refractivity contribution in [2.24, 2.45) is 0 Å². The smallest absolute Gasteiger partial charge is 0.229 e. The van der Waals surface area contributed by atoms with E-state index in [1.807, 2.05) is 0 Å². The quantitative estimate of drug-likeness (QED) is 0.317. The molecule has 1 aromatic carbocycles. The first-order valence-corrected chi connectivity index (χ1v) is 8.69. The Morgan fingerprint density at radius 2 is 1.92 bits per heavy atom. The number of aliphatic hydroxyl groups excluding tert-OH is 1. The fourth-order valence-corrected chi connectivity index (χ4v) is 2.60. The zero-order valence-electron chi connectivity index (χ0n) is 13.6. The number of nitrogens with zero attached hydrogens (tertiary/aromatic N) is 2. The van der Waals surface area contributed by atoms with Gasteiger partial charge in [-0.15, -0.1) is 0 Å². The number of aliphatic hydroxyl groups is 1. The van der Waals surface area contributed by atoms with E-state index in [-0.39, 0.29) is 12.6 Å². The number of nitrogens with one attached hydrogen (secondary N) is 4. The molecule has 5 N–H and O–H groups in total. The van der Waals surface area contributed by atoms with Crippen LogP contribution in [0.1, 0.15) is 5.56 Å². The van der Waals surface area contributed by atoms with Crippen LogP contribution in [0.25, 0.3) is 0 Å². The summed E-state index contributed by atoms with van der Waals surface area (Å²) in [7, 11) is 0. The van der Waals surface area contributed by atoms with E-state index in [0.717, 1.165) is 11.8 Å². The molecule has 138 valence electrons. The molecule has 0 saturated carbocycles. The molecule has 0 amide bonds. The SMILES string of the molecule is N=C/C(=C\NCCO)Nc1ncc(Cl)c(NCc2c(Cl)cccc2Cl)n1. The van der Waals surface area contributed by atoms with E-state index in [4.69, 9.17) is 45.3 Å². The highest BCUT2D eigenvalue weighted by Crippen LogP contribution is 2.26. The normalized spacial score (nSPS) is 11.2. The molecule has 0 unspecified atom stereocenters. The molecule has 1 heterocycles. The molecule has 10 heteroatoms. The number of rotatable bonds is 9. The maximum atomic E-state index is 8.76. The standard InChI is InChI=1S/C16H17Cl3N6O/c17-12-2-1-3-13(18)11(12)8-22-15-14(19)9-23-16(25-15)24-10(6-20)7-21-4-5-26/h1-3,6-7,9,20-21,26H,4-5,8H2,(H2,22,23,24,25)/b10-7+,20-6?. The summed E-state index contributed by atoms with van der Waals surface area (Å²) in [6.07, 6.45) is 4.08. The zero-order chi connectivity index (χ0) is 18.9. The molecule has 1 aromatic heterocycles. The summed E-state index contributed by atoms with van der Waals surface area (Å²) in [6.45, 7) is 0.684. The lowest BCUT2D eigenvalue weighted by atomic mass is 10.2. The van der Waals surface area contributed by atoms with Crippen LogP contribution >= 0.6 is 34.8 Å². The van der Waals surface area contributed by atoms with Crippen molar-refractivity contribution >= 4 is 52.8 Å². The molecular weight excluding hydrogens is 399 g/mol. The summed E-state index contributed by atoms with van der Waals surface area (Å²) in [5.74, 6) is 0.649. The molecule has 0 radical (unpaired) electrons. The molecule has 2 rings (SSSR count). The van der Waals surface area contributed by atoms with Crippen molar-refractivity contribution in [1.82, 2.24) is 15.3 Å². The second kappa shape index (κ2) is 10.2. The van der Waals surface area contributed by atoms with Gasteiger partial charge in [0.05, 0.1) is 18.5 Å². The summed E-state index contributed by atoms with van der Waals surface area (Å²) in [6, 6.07) is 5.27. The average Bonchev–Trinajstić information content (AvgIpc) is 2.63. The summed E-state index contributed by atoms with van der Waals surface area (Å²) >= 11 is 18.4. The lowest BCUT2D eigenvalue weighted by Crippen LogP contribution is -2.15. The lowest BCUT2D eigenvalue weighted by Gasteiger charge is -2.12. The van der Waals surface area contributed by atoms with E-state index >= 15 is 0 Å². The molecule has 0 atom stereocenters. The monoisotopic (exact) mass is 414 g/mol. The van der Waals surface area contributed by atoms with Gasteiger partial charge in [-0.1, -0.05) is 40.9 Å². The van der Waals surface area contributed by atoms with Gasteiger partial charge in [-0.25, -0.2) is 4.98 Å². The Kier molecular flexibility index (Phi) is 7.93. The Balaban J connectivity index is 2.11. The molecule has 0 spiro atoms. The number of allylic oxidation sites excluding steroid dienone is 1. The Bertz CT molecular complexity index is 779. The Morgan fingerprint density at radius 1 is 1.19 bits per heavy atom. The fourth-order valence-electron chi connectivity index (χ4n) is 1.91. The van der Waals surface area contributed by atoms with Crippen molar-refractivity contribution in [3.63, 3.8) is 0 Å². The molecule has 7 nitrogen and oxygen atoms in total. The van der Waals surface area contributed by atoms with Gasteiger partial charge in [0.2, 0.25) is 5.95 Å². The topological polar surface area (TPSA) is 106 Å². The number of halogens is 3. The first-order chi connectivity index (χ1) is 12.5. The van der Waals surface area contributed by atoms with Gasteiger partial charge in [0.15, 0.2) is 5.82 Å². The van der Waals surface area contributed by atoms with E-state index < -0.39 is 0 Å². The molecule has 0 aliphatic rings. The third-order valence-corrected chi connectivity index (χ3v) is 4.15. The minimum Gasteiger partial charge on any atom is -0.395 e. The van der Waals surface area contributed by atoms with Crippen molar-refractivity contribution in [1.29, 1.82) is 5.41 Å². The summed E-state index contributed by atoms with van der Waals surface area (Å²) in [4.78, 5) is 8.37. The van der Waals surface area contributed by atoms with Gasteiger partial charge in [-0.3, -0.25) is 0 Å². The predicted octanol–water partition coefficient (Wildman–Crippen LogP) is 3.53. The second-order valence-corrected chi connectivity index (χ2v) is 6.21. The van der Waals surface area contributed by atoms with Gasteiger partial charge < -0.3 is 26.5 Å². The fraction of sp³-hybridized carbons (Fsp3) is 0.188. The van der Waals surface area contributed by atoms with E-state index in [1.54, 1.807) is 18.2 Å². The van der Waals surface area contributed by atoms with Crippen molar-refractivity contribution in [2.45, 2.75) is 6.54 Å². The molecule has 0 saturated heterocycles. The highest BCUT2D eigenvalue weighted by Gasteiger charge is 2.09. The number of hydrogen-bond donors (Lipinski definition) is 5. The van der Waals surface area contributed by atoms with E-state index in [0.29, 0.717) is 39.7 Å². The number of anilines is 2. The van der Waals surface area contributed by atoms with Crippen LogP contribution < -0.4 is 16.0 Å². The van der Waals surface area contributed by atoms with Crippen LogP contribution in [0.3, 0.4) is 0 Å². The summed E-state index contributed by atoms with van der Waals surface area (Å²) < 4.78 is 0. The van der Waals surface area contributed by atoms with Crippen LogP contribution in [0.15, 0.2) is 36.3 Å². The van der Waals surface area contributed by atoms with Crippen LogP contribution in [0, 0.1) is 5.41 Å². The predicted molar refractivity (Wildman–Crippen MR) is 106 cm³/mol. The van der Waals surface area contributed by atoms with Crippen molar-refractivity contribution in [3.05, 3.63) is 56.9 Å². The van der Waals surface area contributed by atoms with Crippen LogP contribution in [0.5, 0.6) is 0 Å². The van der Waals surface area contributed by atoms with Gasteiger partial charge >= 0.3 is 0 Å². The third kappa shape index (κ3) is 5.74. The van der Waals surface area contributed by atoms with Crippen molar-refractivity contribution in [3.8, 4) is 0 Å². The highest BCUT2D eigenvalue weighted by molar-refractivity contribution is 6.36. The van der Waals surface area contributed by atoms with Crippen LogP contribution in [0.2, 0.25) is 15.1 Å². The van der Waals surface area contributed by atoms with Gasteiger partial charge in [0.1, 0.15) is 5.02 Å². The van der Waals surface area contributed by atoms with Crippen LogP contribution in [0.4, 0.5) is 11.8 Å². The largest absolute Gasteiger partial charge is 0.395 e. The summed E-state index contributed by atoms with van der Waals surface area (Å²) in [5, 5.41) is 26.4. The summed E-state index contributed by atoms with van der Waals surface area (Å²) in [5.41, 5.74) is 1.15. The second-order valence-electron chi connectivity index (χ2n) is 4.99. The van der Waals surface area contributed by atoms with E-state index in [1.165, 1.54) is 12.4 Å². The number of hydrogen-bond acceptors (Lipinski definition) is 7. The highest BCUT2D eigenvalue weighted by atomic mass is 35.5. The molecule has 26 heavy (non-hydrogen) atoms. The first-order valence-electron chi connectivity index (χ1n) is 7.56. The zero-order valence-corrected chi connectivity index (χ0v) is 15.8. The molecule has 2 aromatic rings. The van der Waals surface area contributed by atoms with Crippen LogP contribution in [-0.4, -0.2) is 34.4 Å². The average molecular weight is 416 g/mol. The molecule has 0 aliphatic carbocycles. The molecular formula is C16H17Cl3N6O. The van der Waals surface area contributed by atoms with Gasteiger partial charge in [-0.2, -0.15) is 4.98 Å². The van der Waals surface area contributed by atoms with E-state index in [9.17, 15) is 0 Å². The number of benzene rings is 1. The van der Waals surface area contributed by atoms with E-state index in [2.05, 4.69) is 25.9 Å². The minimum atomic E-state index is -0.0160. The van der Waals surface area contributed by atoms with Crippen LogP contribution in [-0.2, 0) is 6.54 Å². The Labute approximate surface area is 165 Å². The van der Waals surface area contributed by atoms with Gasteiger partial charge in [-0.05, 0) is 12.1 Å². The van der Waals surface area contributed by atoms with Crippen molar-refractivity contribution in [2.75, 3.05) is 23.8 Å². The number of aromatic nitrogens is 2. The first kappa shape index (κ1) is 20.3. The molecule has 0 aliphatic heterocycles. The Morgan fingerprint density at radius 3 is 2.58 bits per heavy atom. The maximum absolute atomic E-state index is 8.76.